The molecule has 10 rings (SSSR count). The summed E-state index contributed by atoms with van der Waals surface area (Å²) in [4.78, 5) is 14.9. The molecule has 0 atom stereocenters. The van der Waals surface area contributed by atoms with Crippen LogP contribution in [0, 0.1) is 0 Å². The van der Waals surface area contributed by atoms with Crippen molar-refractivity contribution in [1.29, 1.82) is 0 Å². The van der Waals surface area contributed by atoms with Gasteiger partial charge in [-0.1, -0.05) is 188 Å². The van der Waals surface area contributed by atoms with Crippen molar-refractivity contribution >= 4 is 10.8 Å². The number of benzene rings is 8. The van der Waals surface area contributed by atoms with Gasteiger partial charge in [-0.3, -0.25) is 0 Å². The number of aromatic nitrogens is 3. The van der Waals surface area contributed by atoms with Gasteiger partial charge in [0.25, 0.3) is 0 Å². The lowest BCUT2D eigenvalue weighted by Crippen LogP contribution is -2.28. The molecule has 9 aromatic rings. The summed E-state index contributed by atoms with van der Waals surface area (Å²) < 4.78 is 0. The Kier molecular flexibility index (Phi) is 7.36. The van der Waals surface area contributed by atoms with Crippen LogP contribution in [0.5, 0.6) is 0 Å². The van der Waals surface area contributed by atoms with Gasteiger partial charge in [0.15, 0.2) is 17.5 Å². The molecule has 1 aromatic heterocycles. The van der Waals surface area contributed by atoms with Gasteiger partial charge in [-0.05, 0) is 67.4 Å². The summed E-state index contributed by atoms with van der Waals surface area (Å²) in [6.07, 6.45) is 0. The maximum atomic E-state index is 4.99. The largest absolute Gasteiger partial charge is 0.208 e. The van der Waals surface area contributed by atoms with E-state index in [2.05, 4.69) is 140 Å². The van der Waals surface area contributed by atoms with E-state index in [0.717, 1.165) is 27.8 Å². The second-order valence-corrected chi connectivity index (χ2v) is 13.6. The second-order valence-electron chi connectivity index (χ2n) is 13.6. The molecule has 1 aliphatic rings. The maximum absolute atomic E-state index is 4.99. The van der Waals surface area contributed by atoms with Gasteiger partial charge in [-0.15, -0.1) is 0 Å². The molecule has 0 amide bonds. The standard InChI is InChI=1S/C50H33N3/c1-5-16-34(17-6-1)47-51-48(35-18-7-2-8-19-35)53-49(52-47)39-21-15-20-36(33-39)37-28-30-42-38(32-37)29-31-45-46(42)43-26-13-14-27-44(43)50(45,40-22-9-3-10-23-40)41-24-11-4-12-25-41/h1-33H. The first-order chi connectivity index (χ1) is 26.3. The highest BCUT2D eigenvalue weighted by molar-refractivity contribution is 6.05. The smallest absolute Gasteiger partial charge is 0.164 e. The Morgan fingerprint density at radius 2 is 0.811 bits per heavy atom. The van der Waals surface area contributed by atoms with Crippen LogP contribution in [-0.4, -0.2) is 15.0 Å². The van der Waals surface area contributed by atoms with E-state index in [1.165, 1.54) is 44.2 Å². The van der Waals surface area contributed by atoms with E-state index in [0.29, 0.717) is 17.5 Å². The van der Waals surface area contributed by atoms with Crippen LogP contribution in [0.3, 0.4) is 0 Å². The van der Waals surface area contributed by atoms with E-state index in [-0.39, 0.29) is 0 Å². The van der Waals surface area contributed by atoms with E-state index in [4.69, 9.17) is 15.0 Å². The van der Waals surface area contributed by atoms with Gasteiger partial charge in [0.1, 0.15) is 0 Å². The summed E-state index contributed by atoms with van der Waals surface area (Å²) in [5.74, 6) is 1.96. The summed E-state index contributed by atoms with van der Waals surface area (Å²) in [6.45, 7) is 0. The van der Waals surface area contributed by atoms with Crippen molar-refractivity contribution in [3.63, 3.8) is 0 Å². The van der Waals surface area contributed by atoms with Crippen LogP contribution in [0.25, 0.3) is 67.2 Å². The molecule has 248 valence electrons. The second kappa shape index (κ2) is 12.7. The molecule has 0 radical (unpaired) electrons. The zero-order valence-electron chi connectivity index (χ0n) is 28.9. The van der Waals surface area contributed by atoms with Crippen molar-refractivity contribution in [2.45, 2.75) is 5.41 Å². The van der Waals surface area contributed by atoms with E-state index in [1.807, 2.05) is 60.7 Å². The molecule has 0 bridgehead atoms. The topological polar surface area (TPSA) is 38.7 Å². The van der Waals surface area contributed by atoms with Crippen molar-refractivity contribution in [2.75, 3.05) is 0 Å². The fraction of sp³-hybridized carbons (Fsp3) is 0.0200. The van der Waals surface area contributed by atoms with Gasteiger partial charge in [0.05, 0.1) is 5.41 Å². The van der Waals surface area contributed by atoms with Crippen molar-refractivity contribution in [3.8, 4) is 56.4 Å². The molecule has 8 aromatic carbocycles. The Morgan fingerprint density at radius 3 is 1.43 bits per heavy atom. The molecule has 3 nitrogen and oxygen atoms in total. The number of rotatable bonds is 6. The average Bonchev–Trinajstić information content (AvgIpc) is 3.56. The predicted molar refractivity (Wildman–Crippen MR) is 216 cm³/mol. The Balaban J connectivity index is 1.11. The molecular weight excluding hydrogens is 643 g/mol. The summed E-state index contributed by atoms with van der Waals surface area (Å²) in [7, 11) is 0. The fourth-order valence-corrected chi connectivity index (χ4v) is 8.23. The van der Waals surface area contributed by atoms with Crippen LogP contribution in [0.1, 0.15) is 22.3 Å². The van der Waals surface area contributed by atoms with Gasteiger partial charge < -0.3 is 0 Å². The lowest BCUT2D eigenvalue weighted by Gasteiger charge is -2.33. The van der Waals surface area contributed by atoms with E-state index in [1.54, 1.807) is 0 Å². The normalized spacial score (nSPS) is 12.7. The van der Waals surface area contributed by atoms with Crippen LogP contribution in [-0.2, 0) is 5.41 Å². The Bertz CT molecular complexity index is 2660. The average molecular weight is 676 g/mol. The number of hydrogen-bond acceptors (Lipinski definition) is 3. The molecule has 0 saturated heterocycles. The summed E-state index contributed by atoms with van der Waals surface area (Å²) in [5.41, 5.74) is 12.5. The molecular formula is C50H33N3. The number of hydrogen-bond donors (Lipinski definition) is 0. The number of fused-ring (bicyclic) bond motifs is 5. The van der Waals surface area contributed by atoms with Crippen molar-refractivity contribution < 1.29 is 0 Å². The van der Waals surface area contributed by atoms with Crippen LogP contribution in [0.4, 0.5) is 0 Å². The number of nitrogens with zero attached hydrogens (tertiary/aromatic N) is 3. The van der Waals surface area contributed by atoms with E-state index >= 15 is 0 Å². The van der Waals surface area contributed by atoms with Crippen LogP contribution < -0.4 is 0 Å². The molecule has 0 fully saturated rings. The molecule has 0 aliphatic heterocycles. The SMILES string of the molecule is c1ccc(-c2nc(-c3ccccc3)nc(-c3cccc(-c4ccc5c6c(ccc5c4)C(c4ccccc4)(c4ccccc4)c4ccccc4-6)c3)n2)cc1. The van der Waals surface area contributed by atoms with Gasteiger partial charge in [0.2, 0.25) is 0 Å². The van der Waals surface area contributed by atoms with Gasteiger partial charge in [0, 0.05) is 16.7 Å². The minimum Gasteiger partial charge on any atom is -0.208 e. The van der Waals surface area contributed by atoms with Crippen molar-refractivity contribution in [2.24, 2.45) is 0 Å². The molecule has 0 N–H and O–H groups in total. The molecule has 0 saturated carbocycles. The lowest BCUT2D eigenvalue weighted by atomic mass is 9.67. The Hall–Kier alpha value is -6.97. The first-order valence-electron chi connectivity index (χ1n) is 18.0. The summed E-state index contributed by atoms with van der Waals surface area (Å²) in [6, 6.07) is 71.2. The van der Waals surface area contributed by atoms with Crippen LogP contribution in [0.15, 0.2) is 200 Å². The highest BCUT2D eigenvalue weighted by atomic mass is 15.0. The van der Waals surface area contributed by atoms with Gasteiger partial charge >= 0.3 is 0 Å². The van der Waals surface area contributed by atoms with E-state index in [9.17, 15) is 0 Å². The first kappa shape index (κ1) is 30.8. The zero-order valence-corrected chi connectivity index (χ0v) is 28.9. The molecule has 1 aliphatic carbocycles. The molecule has 1 heterocycles. The minimum absolute atomic E-state index is 0.419. The summed E-state index contributed by atoms with van der Waals surface area (Å²) in [5, 5.41) is 2.46. The van der Waals surface area contributed by atoms with Crippen LogP contribution in [0.2, 0.25) is 0 Å². The van der Waals surface area contributed by atoms with Gasteiger partial charge in [-0.25, -0.2) is 15.0 Å². The van der Waals surface area contributed by atoms with Gasteiger partial charge in [-0.2, -0.15) is 0 Å². The third-order valence-electron chi connectivity index (χ3n) is 10.6. The quantitative estimate of drug-likeness (QED) is 0.176. The Morgan fingerprint density at radius 1 is 0.321 bits per heavy atom. The highest BCUT2D eigenvalue weighted by Crippen LogP contribution is 2.57. The van der Waals surface area contributed by atoms with E-state index < -0.39 is 5.41 Å². The first-order valence-corrected chi connectivity index (χ1v) is 18.0. The molecule has 3 heteroatoms. The zero-order chi connectivity index (χ0) is 35.2. The predicted octanol–water partition coefficient (Wildman–Crippen LogP) is 12.1. The molecule has 53 heavy (non-hydrogen) atoms. The maximum Gasteiger partial charge on any atom is 0.164 e. The summed E-state index contributed by atoms with van der Waals surface area (Å²) >= 11 is 0. The third kappa shape index (κ3) is 5.09. The van der Waals surface area contributed by atoms with Crippen molar-refractivity contribution in [1.82, 2.24) is 15.0 Å². The van der Waals surface area contributed by atoms with Crippen LogP contribution >= 0.6 is 0 Å². The Labute approximate surface area is 309 Å². The highest BCUT2D eigenvalue weighted by Gasteiger charge is 2.46. The van der Waals surface area contributed by atoms with Crippen molar-refractivity contribution in [3.05, 3.63) is 222 Å². The molecule has 0 spiro atoms. The fourth-order valence-electron chi connectivity index (χ4n) is 8.23. The third-order valence-corrected chi connectivity index (χ3v) is 10.6. The minimum atomic E-state index is -0.419. The molecule has 0 unspecified atom stereocenters. The monoisotopic (exact) mass is 675 g/mol. The lowest BCUT2D eigenvalue weighted by molar-refractivity contribution is 0.769.